The van der Waals surface area contributed by atoms with Gasteiger partial charge in [0.15, 0.2) is 5.65 Å². The number of methoxy groups -OCH3 is 1. The van der Waals surface area contributed by atoms with E-state index in [9.17, 15) is 4.79 Å². The summed E-state index contributed by atoms with van der Waals surface area (Å²) in [6.07, 6.45) is 6.46. The molecule has 10 heteroatoms. The zero-order chi connectivity index (χ0) is 23.3. The Morgan fingerprint density at radius 3 is 2.79 bits per heavy atom. The molecule has 33 heavy (non-hydrogen) atoms. The summed E-state index contributed by atoms with van der Waals surface area (Å²) in [7, 11) is 1.67. The minimum Gasteiger partial charge on any atom is -0.496 e. The van der Waals surface area contributed by atoms with Crippen molar-refractivity contribution in [3.63, 3.8) is 0 Å². The molecule has 1 aromatic carbocycles. The Hall–Kier alpha value is -3.46. The molecule has 9 nitrogen and oxygen atoms in total. The second-order valence-corrected chi connectivity index (χ2v) is 8.79. The Bertz CT molecular complexity index is 1340. The van der Waals surface area contributed by atoms with E-state index in [1.165, 1.54) is 6.33 Å². The molecule has 1 N–H and O–H groups in total. The largest absolute Gasteiger partial charge is 0.496 e. The molecule has 170 valence electrons. The third-order valence-electron chi connectivity index (χ3n) is 6.45. The number of hydrogen-bond acceptors (Lipinski definition) is 6. The predicted octanol–water partition coefficient (Wildman–Crippen LogP) is 3.68. The molecule has 0 bridgehead atoms. The number of carbonyl (C=O) groups excluding carboxylic acids is 1. The van der Waals surface area contributed by atoms with Crippen molar-refractivity contribution < 1.29 is 9.53 Å². The monoisotopic (exact) mass is 465 g/mol. The number of aromatic amines is 1. The number of rotatable bonds is 5. The van der Waals surface area contributed by atoms with Crippen molar-refractivity contribution in [2.45, 2.75) is 32.7 Å². The second kappa shape index (κ2) is 8.15. The second-order valence-electron chi connectivity index (χ2n) is 8.38. The Balaban J connectivity index is 1.52. The Morgan fingerprint density at radius 1 is 1.30 bits per heavy atom. The van der Waals surface area contributed by atoms with Gasteiger partial charge >= 0.3 is 0 Å². The number of H-pyrrole nitrogens is 1. The van der Waals surface area contributed by atoms with Gasteiger partial charge in [-0.3, -0.25) is 9.89 Å². The van der Waals surface area contributed by atoms with Gasteiger partial charge in [-0.05, 0) is 32.4 Å². The van der Waals surface area contributed by atoms with Crippen LogP contribution >= 0.6 is 11.6 Å². The predicted molar refractivity (Wildman–Crippen MR) is 124 cm³/mol. The quantitative estimate of drug-likeness (QED) is 0.482. The zero-order valence-corrected chi connectivity index (χ0v) is 19.6. The van der Waals surface area contributed by atoms with Gasteiger partial charge in [-0.2, -0.15) is 10.2 Å². The highest BCUT2D eigenvalue weighted by Gasteiger charge is 2.37. The fourth-order valence-electron chi connectivity index (χ4n) is 4.60. The number of fused-ring (bicyclic) bond motifs is 1. The first-order valence-corrected chi connectivity index (χ1v) is 11.1. The Kier molecular flexibility index (Phi) is 5.28. The minimum absolute atomic E-state index is 0.0367. The standard InChI is InChI=1S/C23H24ClN7O2/c1-12-19(24)5-17(14(3)31-22-18(13(2)29-31)8-25-11-26-22)21(33-4)20(12)16-9-30(10-16)23(32)15-6-27-28-7-15/h5-8,11,14,16H,9-10H2,1-4H3,(H,27,28). The maximum Gasteiger partial charge on any atom is 0.257 e. The lowest BCUT2D eigenvalue weighted by molar-refractivity contribution is 0.0599. The van der Waals surface area contributed by atoms with Crippen LogP contribution in [0, 0.1) is 13.8 Å². The highest BCUT2D eigenvalue weighted by molar-refractivity contribution is 6.31. The van der Waals surface area contributed by atoms with Gasteiger partial charge in [0.1, 0.15) is 12.1 Å². The Morgan fingerprint density at radius 2 is 2.09 bits per heavy atom. The summed E-state index contributed by atoms with van der Waals surface area (Å²) < 4.78 is 7.83. The number of nitrogens with one attached hydrogen (secondary N) is 1. The molecule has 0 spiro atoms. The van der Waals surface area contributed by atoms with Crippen molar-refractivity contribution in [2.24, 2.45) is 0 Å². The van der Waals surface area contributed by atoms with E-state index in [0.717, 1.165) is 39.2 Å². The van der Waals surface area contributed by atoms with Crippen LogP contribution < -0.4 is 4.74 Å². The fraction of sp³-hybridized carbons (Fsp3) is 0.348. The van der Waals surface area contributed by atoms with Crippen molar-refractivity contribution in [3.05, 3.63) is 64.0 Å². The molecule has 5 rings (SSSR count). The molecule has 3 aromatic heterocycles. The van der Waals surface area contributed by atoms with Crippen LogP contribution in [0.15, 0.2) is 31.0 Å². The first-order chi connectivity index (χ1) is 15.9. The van der Waals surface area contributed by atoms with Crippen LogP contribution in [0.3, 0.4) is 0 Å². The van der Waals surface area contributed by atoms with Crippen LogP contribution in [0.2, 0.25) is 5.02 Å². The van der Waals surface area contributed by atoms with E-state index in [4.69, 9.17) is 21.4 Å². The molecule has 4 heterocycles. The number of carbonyl (C=O) groups is 1. The Labute approximate surface area is 195 Å². The fourth-order valence-corrected chi connectivity index (χ4v) is 4.82. The molecule has 1 saturated heterocycles. The molecule has 4 aromatic rings. The van der Waals surface area contributed by atoms with E-state index in [1.807, 2.05) is 24.6 Å². The molecular weight excluding hydrogens is 442 g/mol. The lowest BCUT2D eigenvalue weighted by Crippen LogP contribution is -2.48. The van der Waals surface area contributed by atoms with Crippen molar-refractivity contribution in [2.75, 3.05) is 20.2 Å². The zero-order valence-electron chi connectivity index (χ0n) is 18.8. The molecule has 1 atom stereocenters. The summed E-state index contributed by atoms with van der Waals surface area (Å²) in [6, 6.07) is 1.77. The summed E-state index contributed by atoms with van der Waals surface area (Å²) >= 11 is 6.70. The van der Waals surface area contributed by atoms with Gasteiger partial charge in [0.2, 0.25) is 0 Å². The van der Waals surface area contributed by atoms with Crippen molar-refractivity contribution in [1.82, 2.24) is 34.8 Å². The van der Waals surface area contributed by atoms with Crippen molar-refractivity contribution in [1.29, 1.82) is 0 Å². The van der Waals surface area contributed by atoms with E-state index in [-0.39, 0.29) is 17.9 Å². The van der Waals surface area contributed by atoms with Gasteiger partial charge in [0.25, 0.3) is 5.91 Å². The molecule has 1 amide bonds. The van der Waals surface area contributed by atoms with Gasteiger partial charge in [-0.1, -0.05) is 11.6 Å². The number of likely N-dealkylation sites (tertiary alicyclic amines) is 1. The number of aryl methyl sites for hydroxylation is 1. The van der Waals surface area contributed by atoms with E-state index >= 15 is 0 Å². The number of nitrogens with zero attached hydrogens (tertiary/aromatic N) is 6. The normalized spacial score (nSPS) is 15.0. The van der Waals surface area contributed by atoms with Crippen LogP contribution in [0.4, 0.5) is 0 Å². The maximum atomic E-state index is 12.6. The first-order valence-electron chi connectivity index (χ1n) is 10.7. The number of aromatic nitrogens is 6. The molecule has 1 unspecified atom stereocenters. The van der Waals surface area contributed by atoms with Gasteiger partial charge in [0.05, 0.1) is 36.0 Å². The van der Waals surface area contributed by atoms with Gasteiger partial charge in [0, 0.05) is 47.6 Å². The number of amides is 1. The highest BCUT2D eigenvalue weighted by Crippen LogP contribution is 2.44. The van der Waals surface area contributed by atoms with Gasteiger partial charge in [-0.25, -0.2) is 14.6 Å². The van der Waals surface area contributed by atoms with Crippen LogP contribution in [0.1, 0.15) is 51.6 Å². The van der Waals surface area contributed by atoms with Crippen LogP contribution in [0.25, 0.3) is 11.0 Å². The summed E-state index contributed by atoms with van der Waals surface area (Å²) in [5.41, 5.74) is 5.10. The maximum absolute atomic E-state index is 12.6. The molecule has 0 aliphatic carbocycles. The molecule has 1 aliphatic rings. The number of halogens is 1. The summed E-state index contributed by atoms with van der Waals surface area (Å²) in [5, 5.41) is 12.9. The van der Waals surface area contributed by atoms with Crippen molar-refractivity contribution >= 4 is 28.5 Å². The van der Waals surface area contributed by atoms with E-state index in [1.54, 1.807) is 30.6 Å². The lowest BCUT2D eigenvalue weighted by Gasteiger charge is -2.41. The van der Waals surface area contributed by atoms with Crippen molar-refractivity contribution in [3.8, 4) is 5.75 Å². The minimum atomic E-state index is -0.174. The average molecular weight is 466 g/mol. The van der Waals surface area contributed by atoms with Crippen LogP contribution in [-0.4, -0.2) is 61.0 Å². The SMILES string of the molecule is COc1c(C(C)n2nc(C)c3cncnc32)cc(Cl)c(C)c1C1CN(C(=O)c2cn[nH]c2)C1. The van der Waals surface area contributed by atoms with E-state index in [0.29, 0.717) is 23.7 Å². The summed E-state index contributed by atoms with van der Waals surface area (Å²) in [6.45, 7) is 7.17. The summed E-state index contributed by atoms with van der Waals surface area (Å²) in [4.78, 5) is 23.0. The molecule has 1 aliphatic heterocycles. The van der Waals surface area contributed by atoms with Crippen LogP contribution in [-0.2, 0) is 0 Å². The number of benzene rings is 1. The average Bonchev–Trinajstić information content (AvgIpc) is 3.44. The van der Waals surface area contributed by atoms with E-state index < -0.39 is 0 Å². The number of hydrogen-bond donors (Lipinski definition) is 1. The third-order valence-corrected chi connectivity index (χ3v) is 6.84. The molecule has 0 saturated carbocycles. The van der Waals surface area contributed by atoms with Crippen LogP contribution in [0.5, 0.6) is 5.75 Å². The molecule has 0 radical (unpaired) electrons. The summed E-state index contributed by atoms with van der Waals surface area (Å²) in [5.74, 6) is 0.865. The van der Waals surface area contributed by atoms with Gasteiger partial charge in [-0.15, -0.1) is 0 Å². The number of ether oxygens (including phenoxy) is 1. The highest BCUT2D eigenvalue weighted by atomic mass is 35.5. The first kappa shape index (κ1) is 21.4. The smallest absolute Gasteiger partial charge is 0.257 e. The third kappa shape index (κ3) is 3.43. The molecular formula is C23H24ClN7O2. The van der Waals surface area contributed by atoms with E-state index in [2.05, 4.69) is 27.1 Å². The lowest BCUT2D eigenvalue weighted by atomic mass is 9.85. The molecule has 1 fully saturated rings. The van der Waals surface area contributed by atoms with Gasteiger partial charge < -0.3 is 9.64 Å². The topological polar surface area (TPSA) is 102 Å².